The van der Waals surface area contributed by atoms with Gasteiger partial charge in [-0.15, -0.1) is 0 Å². The fourth-order valence-corrected chi connectivity index (χ4v) is 2.52. The monoisotopic (exact) mass is 331 g/mol. The molecule has 0 fully saturated rings. The number of ether oxygens (including phenoxy) is 2. The Morgan fingerprint density at radius 1 is 1.25 bits per heavy atom. The quantitative estimate of drug-likeness (QED) is 0.743. The summed E-state index contributed by atoms with van der Waals surface area (Å²) >= 11 is 3.39. The summed E-state index contributed by atoms with van der Waals surface area (Å²) in [7, 11) is 0. The van der Waals surface area contributed by atoms with Gasteiger partial charge in [0.2, 0.25) is 0 Å². The number of hydrogen-bond donors (Lipinski definition) is 1. The van der Waals surface area contributed by atoms with Gasteiger partial charge in [-0.3, -0.25) is 0 Å². The normalized spacial score (nSPS) is 17.4. The van der Waals surface area contributed by atoms with Gasteiger partial charge in [0.25, 0.3) is 0 Å². The highest BCUT2D eigenvalue weighted by atomic mass is 79.9. The molecule has 1 aliphatic heterocycles. The zero-order valence-corrected chi connectivity index (χ0v) is 11.9. The third-order valence-electron chi connectivity index (χ3n) is 3.14. The van der Waals surface area contributed by atoms with E-state index in [1.807, 2.05) is 30.3 Å². The lowest BCUT2D eigenvalue weighted by molar-refractivity contribution is 0.0859. The number of nitrogens with one attached hydrogen (secondary N) is 1. The van der Waals surface area contributed by atoms with Crippen molar-refractivity contribution in [1.82, 2.24) is 15.0 Å². The summed E-state index contributed by atoms with van der Waals surface area (Å²) in [4.78, 5) is 12.0. The van der Waals surface area contributed by atoms with Crippen LogP contribution in [0.4, 0.5) is 0 Å². The van der Waals surface area contributed by atoms with Crippen molar-refractivity contribution in [2.75, 3.05) is 6.61 Å². The molecule has 0 saturated heterocycles. The van der Waals surface area contributed by atoms with Gasteiger partial charge in [0.15, 0.2) is 29.1 Å². The molecule has 3 aromatic rings. The van der Waals surface area contributed by atoms with Gasteiger partial charge in [0.05, 0.1) is 0 Å². The molecule has 4 rings (SSSR count). The summed E-state index contributed by atoms with van der Waals surface area (Å²) in [5.41, 5.74) is 1.54. The van der Waals surface area contributed by atoms with Crippen LogP contribution in [-0.2, 0) is 0 Å². The van der Waals surface area contributed by atoms with Gasteiger partial charge in [0, 0.05) is 10.7 Å². The number of benzene rings is 1. The van der Waals surface area contributed by atoms with Crippen molar-refractivity contribution < 1.29 is 9.47 Å². The number of pyridine rings is 1. The van der Waals surface area contributed by atoms with Crippen LogP contribution in [0, 0.1) is 0 Å². The fourth-order valence-electron chi connectivity index (χ4n) is 2.20. The Hall–Kier alpha value is -2.08. The third-order valence-corrected chi connectivity index (χ3v) is 3.57. The summed E-state index contributed by atoms with van der Waals surface area (Å²) in [5.74, 6) is 2.22. The molecule has 1 atom stereocenters. The Labute approximate surface area is 123 Å². The van der Waals surface area contributed by atoms with Gasteiger partial charge in [-0.05, 0) is 34.1 Å². The summed E-state index contributed by atoms with van der Waals surface area (Å²) < 4.78 is 12.5. The number of H-pyrrole nitrogens is 1. The Kier molecular flexibility index (Phi) is 2.63. The zero-order valence-electron chi connectivity index (χ0n) is 10.3. The van der Waals surface area contributed by atoms with Crippen LogP contribution in [0.2, 0.25) is 0 Å². The van der Waals surface area contributed by atoms with E-state index < -0.39 is 0 Å². The van der Waals surface area contributed by atoms with Crippen LogP contribution in [0.25, 0.3) is 11.2 Å². The van der Waals surface area contributed by atoms with Crippen LogP contribution in [-0.4, -0.2) is 21.6 Å². The average Bonchev–Trinajstić information content (AvgIpc) is 2.89. The second kappa shape index (κ2) is 4.49. The molecule has 1 aromatic carbocycles. The first-order valence-electron chi connectivity index (χ1n) is 6.19. The Morgan fingerprint density at radius 2 is 2.10 bits per heavy atom. The van der Waals surface area contributed by atoms with E-state index in [2.05, 4.69) is 30.9 Å². The van der Waals surface area contributed by atoms with Gasteiger partial charge in [0.1, 0.15) is 12.1 Å². The van der Waals surface area contributed by atoms with Gasteiger partial charge in [-0.2, -0.15) is 0 Å². The van der Waals surface area contributed by atoms with E-state index in [4.69, 9.17) is 9.47 Å². The molecule has 1 N–H and O–H groups in total. The minimum absolute atomic E-state index is 0.252. The number of nitrogens with zero attached hydrogens (tertiary/aromatic N) is 2. The van der Waals surface area contributed by atoms with E-state index in [1.54, 1.807) is 6.20 Å². The number of halogens is 1. The molecule has 1 aliphatic rings. The van der Waals surface area contributed by atoms with E-state index in [0.29, 0.717) is 6.61 Å². The maximum Gasteiger partial charge on any atom is 0.190 e. The van der Waals surface area contributed by atoms with Crippen molar-refractivity contribution >= 4 is 27.1 Å². The summed E-state index contributed by atoms with van der Waals surface area (Å²) in [6, 6.07) is 9.54. The Morgan fingerprint density at radius 3 is 3.00 bits per heavy atom. The van der Waals surface area contributed by atoms with Crippen molar-refractivity contribution in [3.05, 3.63) is 46.8 Å². The minimum atomic E-state index is -0.252. The highest BCUT2D eigenvalue weighted by molar-refractivity contribution is 9.10. The molecule has 2 aromatic heterocycles. The van der Waals surface area contributed by atoms with Gasteiger partial charge < -0.3 is 14.5 Å². The Balaban J connectivity index is 1.70. The molecule has 5 nitrogen and oxygen atoms in total. The molecule has 0 radical (unpaired) electrons. The van der Waals surface area contributed by atoms with Crippen LogP contribution in [0.1, 0.15) is 11.9 Å². The number of aromatic amines is 1. The molecule has 0 saturated carbocycles. The average molecular weight is 332 g/mol. The minimum Gasteiger partial charge on any atom is -0.485 e. The largest absolute Gasteiger partial charge is 0.485 e. The molecule has 0 bridgehead atoms. The van der Waals surface area contributed by atoms with Crippen molar-refractivity contribution in [3.8, 4) is 11.5 Å². The van der Waals surface area contributed by atoms with Gasteiger partial charge >= 0.3 is 0 Å². The molecule has 3 heterocycles. The van der Waals surface area contributed by atoms with Crippen molar-refractivity contribution in [1.29, 1.82) is 0 Å². The predicted molar refractivity (Wildman–Crippen MR) is 76.9 cm³/mol. The standard InChI is InChI=1S/C14H10BrN3O2/c15-8-5-9-13(16-6-8)18-14(17-9)12-7-19-10-3-1-2-4-11(10)20-12/h1-6,12H,7H2,(H,16,17,18). The predicted octanol–water partition coefficient (Wildman–Crippen LogP) is 3.23. The molecule has 0 spiro atoms. The first-order chi connectivity index (χ1) is 9.79. The number of para-hydroxylation sites is 2. The molecule has 0 amide bonds. The second-order valence-corrected chi connectivity index (χ2v) is 5.42. The number of aromatic nitrogens is 3. The lowest BCUT2D eigenvalue weighted by Gasteiger charge is -2.24. The summed E-state index contributed by atoms with van der Waals surface area (Å²) in [5, 5.41) is 0. The maximum absolute atomic E-state index is 5.92. The molecule has 0 aliphatic carbocycles. The van der Waals surface area contributed by atoms with E-state index in [1.165, 1.54) is 0 Å². The molecule has 20 heavy (non-hydrogen) atoms. The zero-order chi connectivity index (χ0) is 13.5. The topological polar surface area (TPSA) is 60.0 Å². The van der Waals surface area contributed by atoms with Crippen molar-refractivity contribution in [2.45, 2.75) is 6.10 Å². The number of imidazole rings is 1. The van der Waals surface area contributed by atoms with Crippen LogP contribution in [0.15, 0.2) is 41.0 Å². The molecule has 6 heteroatoms. The number of rotatable bonds is 1. The number of hydrogen-bond acceptors (Lipinski definition) is 4. The van der Waals surface area contributed by atoms with Crippen molar-refractivity contribution in [2.24, 2.45) is 0 Å². The molecule has 1 unspecified atom stereocenters. The van der Waals surface area contributed by atoms with E-state index >= 15 is 0 Å². The van der Waals surface area contributed by atoms with Crippen molar-refractivity contribution in [3.63, 3.8) is 0 Å². The highest BCUT2D eigenvalue weighted by Crippen LogP contribution is 2.35. The molecular weight excluding hydrogens is 322 g/mol. The lowest BCUT2D eigenvalue weighted by atomic mass is 10.2. The molecule has 100 valence electrons. The van der Waals surface area contributed by atoms with Crippen LogP contribution in [0.5, 0.6) is 11.5 Å². The second-order valence-electron chi connectivity index (χ2n) is 4.51. The maximum atomic E-state index is 5.92. The number of fused-ring (bicyclic) bond motifs is 2. The van der Waals surface area contributed by atoms with Gasteiger partial charge in [-0.1, -0.05) is 12.1 Å². The van der Waals surface area contributed by atoms with Crippen LogP contribution in [0.3, 0.4) is 0 Å². The van der Waals surface area contributed by atoms with E-state index in [0.717, 1.165) is 33.0 Å². The highest BCUT2D eigenvalue weighted by Gasteiger charge is 2.25. The van der Waals surface area contributed by atoms with E-state index in [-0.39, 0.29) is 6.10 Å². The lowest BCUT2D eigenvalue weighted by Crippen LogP contribution is -2.22. The van der Waals surface area contributed by atoms with Crippen LogP contribution >= 0.6 is 15.9 Å². The SMILES string of the molecule is Brc1cnc2[nH]c(C3COc4ccccc4O3)nc2c1. The van der Waals surface area contributed by atoms with Gasteiger partial charge in [-0.25, -0.2) is 9.97 Å². The first kappa shape index (κ1) is 11.7. The van der Waals surface area contributed by atoms with E-state index in [9.17, 15) is 0 Å². The first-order valence-corrected chi connectivity index (χ1v) is 6.98. The third kappa shape index (κ3) is 1.92. The summed E-state index contributed by atoms with van der Waals surface area (Å²) in [6.07, 6.45) is 1.48. The fraction of sp³-hybridized carbons (Fsp3) is 0.143. The Bertz CT molecular complexity index is 787. The van der Waals surface area contributed by atoms with Crippen LogP contribution < -0.4 is 9.47 Å². The molecular formula is C14H10BrN3O2. The summed E-state index contributed by atoms with van der Waals surface area (Å²) in [6.45, 7) is 0.429. The smallest absolute Gasteiger partial charge is 0.190 e.